The van der Waals surface area contributed by atoms with Gasteiger partial charge in [-0.3, -0.25) is 4.79 Å². The Morgan fingerprint density at radius 1 is 1.46 bits per heavy atom. The van der Waals surface area contributed by atoms with Crippen LogP contribution in [0.4, 0.5) is 11.6 Å². The van der Waals surface area contributed by atoms with Gasteiger partial charge in [-0.1, -0.05) is 0 Å². The maximum Gasteiger partial charge on any atom is 0.249 e. The van der Waals surface area contributed by atoms with Crippen LogP contribution in [0.2, 0.25) is 0 Å². The second kappa shape index (κ2) is 5.48. The van der Waals surface area contributed by atoms with Crippen molar-refractivity contribution in [1.29, 1.82) is 0 Å². The van der Waals surface area contributed by atoms with E-state index in [0.29, 0.717) is 17.3 Å². The molecular formula is C16H20N6O2. The van der Waals surface area contributed by atoms with E-state index in [1.807, 2.05) is 25.1 Å². The molecule has 4 rings (SSSR count). The number of nitrogens with zero attached hydrogens (tertiary/aromatic N) is 4. The first-order valence-electron chi connectivity index (χ1n) is 8.03. The molecule has 1 amide bonds. The first-order chi connectivity index (χ1) is 11.5. The third-order valence-electron chi connectivity index (χ3n) is 4.21. The maximum atomic E-state index is 11.8. The van der Waals surface area contributed by atoms with E-state index in [1.54, 1.807) is 16.8 Å². The number of hydrogen-bond donors (Lipinski definition) is 3. The Labute approximate surface area is 139 Å². The van der Waals surface area contributed by atoms with E-state index in [2.05, 4.69) is 20.7 Å². The zero-order chi connectivity index (χ0) is 16.8. The van der Waals surface area contributed by atoms with Crippen molar-refractivity contribution in [3.63, 3.8) is 0 Å². The van der Waals surface area contributed by atoms with Crippen LogP contribution in [-0.4, -0.2) is 52.0 Å². The molecule has 8 nitrogen and oxygen atoms in total. The van der Waals surface area contributed by atoms with Gasteiger partial charge in [0.2, 0.25) is 5.91 Å². The third kappa shape index (κ3) is 2.69. The van der Waals surface area contributed by atoms with Gasteiger partial charge in [-0.05, 0) is 18.9 Å². The van der Waals surface area contributed by atoms with Crippen LogP contribution >= 0.6 is 0 Å². The van der Waals surface area contributed by atoms with Crippen LogP contribution in [-0.2, 0) is 4.79 Å². The molecule has 0 aromatic carbocycles. The van der Waals surface area contributed by atoms with Crippen LogP contribution < -0.4 is 15.5 Å². The number of carbonyl (C=O) groups excluding carboxylic acids is 1. The summed E-state index contributed by atoms with van der Waals surface area (Å²) in [5, 5.41) is 19.9. The smallest absolute Gasteiger partial charge is 0.249 e. The van der Waals surface area contributed by atoms with Crippen LogP contribution in [0.15, 0.2) is 17.8 Å². The monoisotopic (exact) mass is 328 g/mol. The van der Waals surface area contributed by atoms with Crippen molar-refractivity contribution >= 4 is 29.3 Å². The first-order valence-corrected chi connectivity index (χ1v) is 8.03. The Bertz CT molecular complexity index is 836. The summed E-state index contributed by atoms with van der Waals surface area (Å²) in [5.41, 5.74) is 1.98. The highest BCUT2D eigenvalue weighted by molar-refractivity contribution is 6.00. The average Bonchev–Trinajstić information content (AvgIpc) is 3.16. The summed E-state index contributed by atoms with van der Waals surface area (Å²) in [5.74, 6) is 1.47. The molecule has 24 heavy (non-hydrogen) atoms. The van der Waals surface area contributed by atoms with Gasteiger partial charge in [-0.2, -0.15) is 9.61 Å². The van der Waals surface area contributed by atoms with Crippen molar-refractivity contribution < 1.29 is 9.90 Å². The molecule has 3 heterocycles. The van der Waals surface area contributed by atoms with Crippen molar-refractivity contribution in [3.05, 3.63) is 23.4 Å². The van der Waals surface area contributed by atoms with Crippen molar-refractivity contribution in [2.24, 2.45) is 0 Å². The Morgan fingerprint density at radius 2 is 2.25 bits per heavy atom. The molecule has 1 saturated heterocycles. The van der Waals surface area contributed by atoms with E-state index < -0.39 is 6.23 Å². The molecule has 0 bridgehead atoms. The molecule has 3 N–H and O–H groups in total. The number of aromatic nitrogens is 3. The van der Waals surface area contributed by atoms with Crippen LogP contribution in [0.1, 0.15) is 24.8 Å². The minimum atomic E-state index is -0.817. The molecule has 1 atom stereocenters. The molecule has 1 aliphatic heterocycles. The molecule has 8 heteroatoms. The predicted molar refractivity (Wildman–Crippen MR) is 90.7 cm³/mol. The number of nitrogens with one attached hydrogen (secondary N) is 2. The molecule has 0 radical (unpaired) electrons. The Kier molecular flexibility index (Phi) is 3.42. The number of amides is 1. The molecule has 1 aliphatic carbocycles. The SMILES string of the molecule is CN(C)c1cc(NC2CC2)n2ncc(/C=C3\CC(O)NC3=O)c2n1. The van der Waals surface area contributed by atoms with Crippen molar-refractivity contribution in [3.8, 4) is 0 Å². The lowest BCUT2D eigenvalue weighted by atomic mass is 10.1. The molecule has 2 aliphatic rings. The Balaban J connectivity index is 1.80. The minimum absolute atomic E-state index is 0.248. The summed E-state index contributed by atoms with van der Waals surface area (Å²) in [6.45, 7) is 0. The van der Waals surface area contributed by atoms with Gasteiger partial charge >= 0.3 is 0 Å². The summed E-state index contributed by atoms with van der Waals surface area (Å²) in [4.78, 5) is 18.4. The van der Waals surface area contributed by atoms with Crippen molar-refractivity contribution in [1.82, 2.24) is 19.9 Å². The molecule has 126 valence electrons. The second-order valence-corrected chi connectivity index (χ2v) is 6.51. The zero-order valence-corrected chi connectivity index (χ0v) is 13.7. The van der Waals surface area contributed by atoms with E-state index >= 15 is 0 Å². The lowest BCUT2D eigenvalue weighted by molar-refractivity contribution is -0.117. The summed E-state index contributed by atoms with van der Waals surface area (Å²) < 4.78 is 1.76. The molecule has 0 spiro atoms. The van der Waals surface area contributed by atoms with E-state index in [9.17, 15) is 9.90 Å². The summed E-state index contributed by atoms with van der Waals surface area (Å²) in [7, 11) is 3.88. The van der Waals surface area contributed by atoms with E-state index in [1.165, 1.54) is 0 Å². The second-order valence-electron chi connectivity index (χ2n) is 6.51. The van der Waals surface area contributed by atoms with Crippen LogP contribution in [0.3, 0.4) is 0 Å². The number of aliphatic hydroxyl groups is 1. The number of aliphatic hydroxyl groups excluding tert-OH is 1. The highest BCUT2D eigenvalue weighted by Gasteiger charge is 2.26. The number of anilines is 2. The lowest BCUT2D eigenvalue weighted by Gasteiger charge is -2.15. The lowest BCUT2D eigenvalue weighted by Crippen LogP contribution is -2.24. The molecule has 1 saturated carbocycles. The van der Waals surface area contributed by atoms with Gasteiger partial charge in [0.05, 0.1) is 6.20 Å². The molecule has 2 fully saturated rings. The zero-order valence-electron chi connectivity index (χ0n) is 13.7. The fraction of sp³-hybridized carbons (Fsp3) is 0.438. The number of carbonyl (C=O) groups is 1. The fourth-order valence-electron chi connectivity index (χ4n) is 2.75. The largest absolute Gasteiger partial charge is 0.373 e. The molecule has 2 aromatic rings. The van der Waals surface area contributed by atoms with Gasteiger partial charge in [0.1, 0.15) is 17.9 Å². The van der Waals surface area contributed by atoms with Crippen LogP contribution in [0.5, 0.6) is 0 Å². The van der Waals surface area contributed by atoms with Gasteiger partial charge < -0.3 is 20.6 Å². The van der Waals surface area contributed by atoms with Crippen LogP contribution in [0, 0.1) is 0 Å². The Morgan fingerprint density at radius 3 is 2.88 bits per heavy atom. The first kappa shape index (κ1) is 14.9. The maximum absolute atomic E-state index is 11.8. The molecule has 1 unspecified atom stereocenters. The van der Waals surface area contributed by atoms with E-state index in [0.717, 1.165) is 30.0 Å². The molecule has 2 aromatic heterocycles. The summed E-state index contributed by atoms with van der Waals surface area (Å²) >= 11 is 0. The molecular weight excluding hydrogens is 308 g/mol. The number of rotatable bonds is 4. The average molecular weight is 328 g/mol. The normalized spacial score (nSPS) is 22.2. The van der Waals surface area contributed by atoms with Gasteiger partial charge in [0.25, 0.3) is 0 Å². The van der Waals surface area contributed by atoms with Gasteiger partial charge in [0, 0.05) is 43.8 Å². The highest BCUT2D eigenvalue weighted by atomic mass is 16.3. The quantitative estimate of drug-likeness (QED) is 0.711. The number of fused-ring (bicyclic) bond motifs is 1. The summed E-state index contributed by atoms with van der Waals surface area (Å²) in [6.07, 6.45) is 5.25. The predicted octanol–water partition coefficient (Wildman–Crippen LogP) is 0.591. The third-order valence-corrected chi connectivity index (χ3v) is 4.21. The Hall–Kier alpha value is -2.61. The van der Waals surface area contributed by atoms with E-state index in [4.69, 9.17) is 0 Å². The van der Waals surface area contributed by atoms with Crippen LogP contribution in [0.25, 0.3) is 11.7 Å². The van der Waals surface area contributed by atoms with Crippen molar-refractivity contribution in [2.45, 2.75) is 31.5 Å². The fourth-order valence-corrected chi connectivity index (χ4v) is 2.75. The van der Waals surface area contributed by atoms with Crippen molar-refractivity contribution in [2.75, 3.05) is 24.3 Å². The standard InChI is InChI=1S/C16H20N6O2/c1-21(2)12-7-13(18-11-3-4-11)22-15(19-12)10(8-17-22)5-9-6-14(23)20-16(9)24/h5,7-8,11,14,18,23H,3-4,6H2,1-2H3,(H,20,24)/b9-5+. The summed E-state index contributed by atoms with van der Waals surface area (Å²) in [6, 6.07) is 2.47. The van der Waals surface area contributed by atoms with Gasteiger partial charge in [-0.25, -0.2) is 4.98 Å². The highest BCUT2D eigenvalue weighted by Crippen LogP contribution is 2.28. The number of hydrogen-bond acceptors (Lipinski definition) is 6. The van der Waals surface area contributed by atoms with Gasteiger partial charge in [-0.15, -0.1) is 0 Å². The van der Waals surface area contributed by atoms with E-state index in [-0.39, 0.29) is 12.3 Å². The topological polar surface area (TPSA) is 94.8 Å². The minimum Gasteiger partial charge on any atom is -0.373 e. The van der Waals surface area contributed by atoms with Gasteiger partial charge in [0.15, 0.2) is 5.65 Å².